The molecule has 10 heteroatoms. The fourth-order valence-corrected chi connectivity index (χ4v) is 3.11. The Balaban J connectivity index is 1.62. The van der Waals surface area contributed by atoms with Crippen molar-refractivity contribution in [3.63, 3.8) is 0 Å². The molecule has 0 aliphatic rings. The van der Waals surface area contributed by atoms with Crippen molar-refractivity contribution in [3.8, 4) is 0 Å². The number of non-ortho nitro benzene ring substituents is 1. The van der Waals surface area contributed by atoms with E-state index in [2.05, 4.69) is 31.6 Å². The van der Waals surface area contributed by atoms with Crippen LogP contribution in [0.4, 0.5) is 11.4 Å². The number of hydrazone groups is 1. The first-order valence-corrected chi connectivity index (χ1v) is 9.70. The maximum atomic E-state index is 12.4. The second-order valence-electron chi connectivity index (χ2n) is 6.63. The number of benzene rings is 2. The summed E-state index contributed by atoms with van der Waals surface area (Å²) < 4.78 is 2.09. The Hall–Kier alpha value is -3.53. The predicted molar refractivity (Wildman–Crippen MR) is 118 cm³/mol. The van der Waals surface area contributed by atoms with Crippen LogP contribution >= 0.6 is 15.9 Å². The first kappa shape index (κ1) is 21.2. The maximum absolute atomic E-state index is 12.4. The topological polar surface area (TPSA) is 106 Å². The van der Waals surface area contributed by atoms with Gasteiger partial charge in [0.2, 0.25) is 0 Å². The SMILES string of the molecule is CN(C)c1ccc(C=NNC(=O)c2nn(Cc3ccc([N+](=O)[O-])cc3)cc2Br)cc1. The molecule has 0 spiro atoms. The van der Waals surface area contributed by atoms with Crippen molar-refractivity contribution in [2.24, 2.45) is 5.10 Å². The number of anilines is 1. The number of hydrogen-bond donors (Lipinski definition) is 1. The van der Waals surface area contributed by atoms with Crippen LogP contribution in [-0.4, -0.2) is 40.9 Å². The zero-order valence-electron chi connectivity index (χ0n) is 16.3. The summed E-state index contributed by atoms with van der Waals surface area (Å²) in [4.78, 5) is 24.7. The van der Waals surface area contributed by atoms with Crippen molar-refractivity contribution in [1.82, 2.24) is 15.2 Å². The number of aromatic nitrogens is 2. The molecule has 1 amide bonds. The van der Waals surface area contributed by atoms with Crippen LogP contribution in [0.15, 0.2) is 64.3 Å². The van der Waals surface area contributed by atoms with E-state index in [4.69, 9.17) is 0 Å². The number of amides is 1. The first-order chi connectivity index (χ1) is 14.3. The van der Waals surface area contributed by atoms with Crippen molar-refractivity contribution >= 4 is 39.4 Å². The van der Waals surface area contributed by atoms with Gasteiger partial charge >= 0.3 is 0 Å². The highest BCUT2D eigenvalue weighted by molar-refractivity contribution is 9.10. The second-order valence-corrected chi connectivity index (χ2v) is 7.49. The first-order valence-electron chi connectivity index (χ1n) is 8.90. The number of carbonyl (C=O) groups excluding carboxylic acids is 1. The molecular weight excluding hydrogens is 452 g/mol. The maximum Gasteiger partial charge on any atom is 0.293 e. The summed E-state index contributed by atoms with van der Waals surface area (Å²) in [6.45, 7) is 0.366. The smallest absolute Gasteiger partial charge is 0.293 e. The lowest BCUT2D eigenvalue weighted by Gasteiger charge is -2.11. The molecule has 0 bridgehead atoms. The number of nitro benzene ring substituents is 1. The van der Waals surface area contributed by atoms with E-state index >= 15 is 0 Å². The molecule has 2 aromatic carbocycles. The van der Waals surface area contributed by atoms with Crippen LogP contribution in [0, 0.1) is 10.1 Å². The van der Waals surface area contributed by atoms with Gasteiger partial charge in [0.05, 0.1) is 22.2 Å². The molecule has 30 heavy (non-hydrogen) atoms. The molecule has 154 valence electrons. The van der Waals surface area contributed by atoms with E-state index < -0.39 is 10.8 Å². The Kier molecular flexibility index (Phi) is 6.58. The minimum absolute atomic E-state index is 0.0229. The summed E-state index contributed by atoms with van der Waals surface area (Å²) in [6.07, 6.45) is 3.22. The minimum atomic E-state index is -0.453. The van der Waals surface area contributed by atoms with Crippen LogP contribution in [0.5, 0.6) is 0 Å². The van der Waals surface area contributed by atoms with Gasteiger partial charge in [-0.25, -0.2) is 5.43 Å². The highest BCUT2D eigenvalue weighted by atomic mass is 79.9. The Morgan fingerprint density at radius 2 is 1.90 bits per heavy atom. The molecule has 0 saturated heterocycles. The van der Waals surface area contributed by atoms with E-state index in [1.54, 1.807) is 29.2 Å². The molecule has 0 fully saturated rings. The Bertz CT molecular complexity index is 1070. The number of rotatable bonds is 7. The van der Waals surface area contributed by atoms with E-state index in [0.29, 0.717) is 11.0 Å². The zero-order chi connectivity index (χ0) is 21.7. The summed E-state index contributed by atoms with van der Waals surface area (Å²) in [5.41, 5.74) is 5.42. The molecule has 1 heterocycles. The molecule has 3 aromatic rings. The summed E-state index contributed by atoms with van der Waals surface area (Å²) in [7, 11) is 3.92. The zero-order valence-corrected chi connectivity index (χ0v) is 17.9. The van der Waals surface area contributed by atoms with Gasteiger partial charge in [-0.05, 0) is 39.2 Å². The van der Waals surface area contributed by atoms with Crippen molar-refractivity contribution in [3.05, 3.63) is 86.1 Å². The number of halogens is 1. The van der Waals surface area contributed by atoms with Crippen molar-refractivity contribution in [2.45, 2.75) is 6.54 Å². The minimum Gasteiger partial charge on any atom is -0.378 e. The van der Waals surface area contributed by atoms with Crippen LogP contribution < -0.4 is 10.3 Å². The van der Waals surface area contributed by atoms with Gasteiger partial charge < -0.3 is 4.90 Å². The van der Waals surface area contributed by atoms with Gasteiger partial charge in [-0.1, -0.05) is 24.3 Å². The lowest BCUT2D eigenvalue weighted by Crippen LogP contribution is -2.19. The summed E-state index contributed by atoms with van der Waals surface area (Å²) in [6, 6.07) is 13.9. The third kappa shape index (κ3) is 5.29. The lowest BCUT2D eigenvalue weighted by atomic mass is 10.2. The molecule has 1 aromatic heterocycles. The fourth-order valence-electron chi connectivity index (χ4n) is 2.62. The van der Waals surface area contributed by atoms with Crippen LogP contribution in [0.25, 0.3) is 0 Å². The van der Waals surface area contributed by atoms with Gasteiger partial charge in [0.15, 0.2) is 5.69 Å². The molecule has 0 aliphatic heterocycles. The quantitative estimate of drug-likeness (QED) is 0.323. The van der Waals surface area contributed by atoms with Gasteiger partial charge in [0.1, 0.15) is 0 Å². The van der Waals surface area contributed by atoms with E-state index in [0.717, 1.165) is 16.8 Å². The highest BCUT2D eigenvalue weighted by Gasteiger charge is 2.15. The van der Waals surface area contributed by atoms with Gasteiger partial charge in [0, 0.05) is 38.1 Å². The normalized spacial score (nSPS) is 10.9. The van der Waals surface area contributed by atoms with Gasteiger partial charge in [0.25, 0.3) is 11.6 Å². The lowest BCUT2D eigenvalue weighted by molar-refractivity contribution is -0.384. The number of nitrogens with zero attached hydrogens (tertiary/aromatic N) is 5. The number of hydrogen-bond acceptors (Lipinski definition) is 6. The highest BCUT2D eigenvalue weighted by Crippen LogP contribution is 2.17. The molecule has 0 aliphatic carbocycles. The van der Waals surface area contributed by atoms with Gasteiger partial charge in [-0.15, -0.1) is 0 Å². The van der Waals surface area contributed by atoms with E-state index in [1.807, 2.05) is 43.3 Å². The van der Waals surface area contributed by atoms with Crippen molar-refractivity contribution in [2.75, 3.05) is 19.0 Å². The molecule has 0 atom stereocenters. The Morgan fingerprint density at radius 1 is 1.23 bits per heavy atom. The van der Waals surface area contributed by atoms with Crippen molar-refractivity contribution in [1.29, 1.82) is 0 Å². The van der Waals surface area contributed by atoms with Crippen molar-refractivity contribution < 1.29 is 9.72 Å². The third-order valence-electron chi connectivity index (χ3n) is 4.21. The van der Waals surface area contributed by atoms with Gasteiger partial charge in [-0.3, -0.25) is 19.6 Å². The van der Waals surface area contributed by atoms with E-state index in [9.17, 15) is 14.9 Å². The monoisotopic (exact) mass is 470 g/mol. The molecule has 0 radical (unpaired) electrons. The average molecular weight is 471 g/mol. The molecule has 0 saturated carbocycles. The van der Waals surface area contributed by atoms with Gasteiger partial charge in [-0.2, -0.15) is 10.2 Å². The summed E-state index contributed by atoms with van der Waals surface area (Å²) in [5.74, 6) is -0.453. The molecule has 9 nitrogen and oxygen atoms in total. The molecular formula is C20H19BrN6O3. The second kappa shape index (κ2) is 9.31. The Labute approximate surface area is 181 Å². The standard InChI is InChI=1S/C20H19BrN6O3/c1-25(2)16-7-3-14(4-8-16)11-22-23-20(28)19-18(21)13-26(24-19)12-15-5-9-17(10-6-15)27(29)30/h3-11,13H,12H2,1-2H3,(H,23,28). The number of nitro groups is 1. The van der Waals surface area contributed by atoms with Crippen LogP contribution in [0.2, 0.25) is 0 Å². The Morgan fingerprint density at radius 3 is 2.50 bits per heavy atom. The largest absolute Gasteiger partial charge is 0.378 e. The molecule has 0 unspecified atom stereocenters. The average Bonchev–Trinajstić information content (AvgIpc) is 3.08. The predicted octanol–water partition coefficient (Wildman–Crippen LogP) is 3.43. The third-order valence-corrected chi connectivity index (χ3v) is 4.79. The molecule has 3 rings (SSSR count). The number of nitrogens with one attached hydrogen (secondary N) is 1. The fraction of sp³-hybridized carbons (Fsp3) is 0.150. The van der Waals surface area contributed by atoms with Crippen LogP contribution in [0.3, 0.4) is 0 Å². The molecule has 1 N–H and O–H groups in total. The van der Waals surface area contributed by atoms with Crippen LogP contribution in [-0.2, 0) is 6.54 Å². The van der Waals surface area contributed by atoms with E-state index in [1.165, 1.54) is 12.1 Å². The summed E-state index contributed by atoms with van der Waals surface area (Å²) >= 11 is 3.33. The summed E-state index contributed by atoms with van der Waals surface area (Å²) in [5, 5.41) is 19.0. The van der Waals surface area contributed by atoms with Crippen LogP contribution in [0.1, 0.15) is 21.6 Å². The van der Waals surface area contributed by atoms with E-state index in [-0.39, 0.29) is 11.4 Å². The number of carbonyl (C=O) groups is 1.